The van der Waals surface area contributed by atoms with Crippen molar-refractivity contribution in [2.75, 3.05) is 45.8 Å². The Bertz CT molecular complexity index is 821. The average molecular weight is 460 g/mol. The van der Waals surface area contributed by atoms with E-state index in [-0.39, 0.29) is 4.90 Å². The van der Waals surface area contributed by atoms with E-state index in [4.69, 9.17) is 19.8 Å². The molecule has 2 fully saturated rings. The number of halogens is 1. The lowest BCUT2D eigenvalue weighted by Crippen LogP contribution is -2.54. The second-order valence-corrected chi connectivity index (χ2v) is 9.52. The van der Waals surface area contributed by atoms with Crippen LogP contribution in [0.4, 0.5) is 4.39 Å². The van der Waals surface area contributed by atoms with Gasteiger partial charge in [-0.2, -0.15) is 4.31 Å². The van der Waals surface area contributed by atoms with Gasteiger partial charge in [-0.25, -0.2) is 22.4 Å². The molecule has 0 aliphatic carbocycles. The minimum Gasteiger partial charge on any atom is -0.473 e. The van der Waals surface area contributed by atoms with Crippen LogP contribution >= 0.6 is 0 Å². The number of piperazine rings is 1. The van der Waals surface area contributed by atoms with Crippen molar-refractivity contribution >= 4 is 22.0 Å². The molecule has 3 rings (SSSR count). The molecule has 9 nitrogen and oxygen atoms in total. The Kier molecular flexibility index (Phi) is 9.35. The van der Waals surface area contributed by atoms with E-state index in [1.165, 1.54) is 54.4 Å². The van der Waals surface area contributed by atoms with Crippen LogP contribution in [0.3, 0.4) is 0 Å². The highest BCUT2D eigenvalue weighted by molar-refractivity contribution is 7.89. The summed E-state index contributed by atoms with van der Waals surface area (Å²) in [7, 11) is -3.52. The van der Waals surface area contributed by atoms with Crippen molar-refractivity contribution in [2.45, 2.75) is 37.1 Å². The topological polar surface area (TPSA) is 118 Å². The largest absolute Gasteiger partial charge is 0.473 e. The first-order chi connectivity index (χ1) is 14.6. The summed E-state index contributed by atoms with van der Waals surface area (Å²) in [6, 6.07) is 5.67. The molecule has 31 heavy (non-hydrogen) atoms. The Labute approximate surface area is 182 Å². The van der Waals surface area contributed by atoms with Gasteiger partial charge < -0.3 is 15.1 Å². The first-order valence-electron chi connectivity index (χ1n) is 10.3. The molecule has 0 spiro atoms. The summed E-state index contributed by atoms with van der Waals surface area (Å²) in [6.07, 6.45) is 3.54. The average Bonchev–Trinajstić information content (AvgIpc) is 2.75. The third-order valence-corrected chi connectivity index (χ3v) is 7.43. The van der Waals surface area contributed by atoms with Gasteiger partial charge in [-0.15, -0.1) is 0 Å². The predicted molar refractivity (Wildman–Crippen MR) is 112 cm³/mol. The van der Waals surface area contributed by atoms with E-state index in [1.54, 1.807) is 0 Å². The van der Waals surface area contributed by atoms with E-state index >= 15 is 0 Å². The van der Waals surface area contributed by atoms with Crippen molar-refractivity contribution < 1.29 is 32.6 Å². The molecular formula is C20H30FN3O6S. The maximum Gasteiger partial charge on any atom is 0.414 e. The number of hydrogen-bond acceptors (Lipinski definition) is 6. The molecule has 0 aromatic heterocycles. The molecule has 174 valence electrons. The van der Waals surface area contributed by atoms with Crippen LogP contribution in [0.15, 0.2) is 29.2 Å². The fourth-order valence-electron chi connectivity index (χ4n) is 3.89. The molecule has 1 aromatic carbocycles. The van der Waals surface area contributed by atoms with Gasteiger partial charge >= 0.3 is 11.9 Å². The molecule has 2 heterocycles. The summed E-state index contributed by atoms with van der Waals surface area (Å²) in [5.41, 5.74) is 0. The number of piperidine rings is 1. The molecule has 0 unspecified atom stereocenters. The van der Waals surface area contributed by atoms with Gasteiger partial charge in [-0.3, -0.25) is 4.90 Å². The third kappa shape index (κ3) is 7.23. The van der Waals surface area contributed by atoms with E-state index in [1.807, 2.05) is 0 Å². The first kappa shape index (κ1) is 25.2. The maximum absolute atomic E-state index is 13.0. The minimum atomic E-state index is -3.52. The first-order valence-corrected chi connectivity index (χ1v) is 11.8. The Morgan fingerprint density at radius 3 is 1.94 bits per heavy atom. The van der Waals surface area contributed by atoms with Crippen molar-refractivity contribution in [1.82, 2.24) is 14.1 Å². The van der Waals surface area contributed by atoms with Crippen molar-refractivity contribution in [2.24, 2.45) is 0 Å². The monoisotopic (exact) mass is 459 g/mol. The lowest BCUT2D eigenvalue weighted by Gasteiger charge is -2.42. The highest BCUT2D eigenvalue weighted by Gasteiger charge is 2.32. The molecule has 0 amide bonds. The van der Waals surface area contributed by atoms with Crippen molar-refractivity contribution in [3.05, 3.63) is 30.1 Å². The normalized spacial score (nSPS) is 19.4. The zero-order chi connectivity index (χ0) is 23.0. The van der Waals surface area contributed by atoms with E-state index in [0.29, 0.717) is 19.1 Å². The highest BCUT2D eigenvalue weighted by atomic mass is 32.2. The van der Waals surface area contributed by atoms with Crippen LogP contribution in [-0.2, 0) is 19.6 Å². The molecule has 11 heteroatoms. The van der Waals surface area contributed by atoms with E-state index < -0.39 is 27.8 Å². The lowest BCUT2D eigenvalue weighted by atomic mass is 10.0. The number of carbonyl (C=O) groups is 2. The van der Waals surface area contributed by atoms with Crippen LogP contribution in [0, 0.1) is 5.82 Å². The van der Waals surface area contributed by atoms with Crippen molar-refractivity contribution in [3.8, 4) is 0 Å². The van der Waals surface area contributed by atoms with Gasteiger partial charge in [0.15, 0.2) is 0 Å². The number of likely N-dealkylation sites (tertiary alicyclic amines) is 1. The van der Waals surface area contributed by atoms with Gasteiger partial charge in [0.2, 0.25) is 10.0 Å². The zero-order valence-electron chi connectivity index (χ0n) is 17.6. The second-order valence-electron chi connectivity index (χ2n) is 7.58. The van der Waals surface area contributed by atoms with Gasteiger partial charge in [0, 0.05) is 32.2 Å². The zero-order valence-corrected chi connectivity index (χ0v) is 18.4. The molecular weight excluding hydrogens is 429 g/mol. The van der Waals surface area contributed by atoms with Gasteiger partial charge in [-0.05, 0) is 63.2 Å². The number of aliphatic carboxylic acids is 2. The Balaban J connectivity index is 0.000000501. The standard InChI is InChI=1S/C18H28FN3O2S.C2H2O4/c1-2-9-20-10-7-17(8-11-20)21-12-14-22(15-13-21)25(23,24)18-5-3-16(19)4-6-18;3-1(4)2(5)6/h3-6,17H,2,7-15H2,1H3;(H,3,4)(H,5,6). The summed E-state index contributed by atoms with van der Waals surface area (Å²) in [5.74, 6) is -4.07. The van der Waals surface area contributed by atoms with E-state index in [0.717, 1.165) is 26.2 Å². The molecule has 0 bridgehead atoms. The van der Waals surface area contributed by atoms with Crippen LogP contribution in [0.1, 0.15) is 26.2 Å². The molecule has 2 aliphatic rings. The van der Waals surface area contributed by atoms with Crippen LogP contribution in [0.25, 0.3) is 0 Å². The van der Waals surface area contributed by atoms with Crippen LogP contribution < -0.4 is 0 Å². The van der Waals surface area contributed by atoms with Crippen LogP contribution in [-0.4, -0.2) is 96.5 Å². The Hall–Kier alpha value is -2.08. The summed E-state index contributed by atoms with van der Waals surface area (Å²) < 4.78 is 39.9. The number of carboxylic acids is 2. The SMILES string of the molecule is CCCN1CCC(N2CCN(S(=O)(=O)c3ccc(F)cc3)CC2)CC1.O=C(O)C(=O)O. The molecule has 2 N–H and O–H groups in total. The highest BCUT2D eigenvalue weighted by Crippen LogP contribution is 2.22. The Morgan fingerprint density at radius 2 is 1.48 bits per heavy atom. The molecule has 1 aromatic rings. The quantitative estimate of drug-likeness (QED) is 0.630. The molecule has 0 saturated carbocycles. The van der Waals surface area contributed by atoms with Gasteiger partial charge in [-0.1, -0.05) is 6.92 Å². The number of sulfonamides is 1. The molecule has 2 saturated heterocycles. The van der Waals surface area contributed by atoms with E-state index in [2.05, 4.69) is 16.7 Å². The Morgan fingerprint density at radius 1 is 0.968 bits per heavy atom. The van der Waals surface area contributed by atoms with Crippen molar-refractivity contribution in [3.63, 3.8) is 0 Å². The molecule has 2 aliphatic heterocycles. The number of rotatable bonds is 5. The number of carboxylic acid groups (broad SMARTS) is 2. The second kappa shape index (κ2) is 11.5. The number of benzene rings is 1. The fraction of sp³-hybridized carbons (Fsp3) is 0.600. The molecule has 0 atom stereocenters. The third-order valence-electron chi connectivity index (χ3n) is 5.52. The summed E-state index contributed by atoms with van der Waals surface area (Å²) in [4.78, 5) is 23.3. The molecule has 0 radical (unpaired) electrons. The predicted octanol–water partition coefficient (Wildman–Crippen LogP) is 1.16. The van der Waals surface area contributed by atoms with Crippen molar-refractivity contribution in [1.29, 1.82) is 0 Å². The number of hydrogen-bond donors (Lipinski definition) is 2. The van der Waals surface area contributed by atoms with Gasteiger partial charge in [0.05, 0.1) is 4.90 Å². The lowest BCUT2D eigenvalue weighted by molar-refractivity contribution is -0.159. The van der Waals surface area contributed by atoms with E-state index in [9.17, 15) is 12.8 Å². The maximum atomic E-state index is 13.0. The smallest absolute Gasteiger partial charge is 0.414 e. The van der Waals surface area contributed by atoms with Gasteiger partial charge in [0.25, 0.3) is 0 Å². The van der Waals surface area contributed by atoms with Crippen LogP contribution in [0.5, 0.6) is 0 Å². The summed E-state index contributed by atoms with van der Waals surface area (Å²) in [6.45, 7) is 8.25. The summed E-state index contributed by atoms with van der Waals surface area (Å²) >= 11 is 0. The van der Waals surface area contributed by atoms with Crippen LogP contribution in [0.2, 0.25) is 0 Å². The summed E-state index contributed by atoms with van der Waals surface area (Å²) in [5, 5.41) is 14.8. The van der Waals surface area contributed by atoms with Gasteiger partial charge in [0.1, 0.15) is 5.82 Å². The fourth-order valence-corrected chi connectivity index (χ4v) is 5.31. The number of nitrogens with zero attached hydrogens (tertiary/aromatic N) is 3. The minimum absolute atomic E-state index is 0.176.